The van der Waals surface area contributed by atoms with Gasteiger partial charge < -0.3 is 9.53 Å². The molecule has 0 N–H and O–H groups in total. The summed E-state index contributed by atoms with van der Waals surface area (Å²) in [6.45, 7) is 6.17. The van der Waals surface area contributed by atoms with Gasteiger partial charge in [0.05, 0.1) is 0 Å². The highest BCUT2D eigenvalue weighted by molar-refractivity contribution is 5.79. The summed E-state index contributed by atoms with van der Waals surface area (Å²) in [5, 5.41) is 0. The molecule has 0 spiro atoms. The minimum absolute atomic E-state index is 0.352. The van der Waals surface area contributed by atoms with E-state index in [4.69, 9.17) is 4.74 Å². The minimum atomic E-state index is -0.535. The van der Waals surface area contributed by atoms with E-state index < -0.39 is 11.1 Å². The average molecular weight is 211 g/mol. The van der Waals surface area contributed by atoms with E-state index in [0.717, 1.165) is 19.1 Å². The maximum Gasteiger partial charge on any atom is 0.411 e. The number of amides is 1. The second-order valence-electron chi connectivity index (χ2n) is 5.59. The molecule has 1 aliphatic carbocycles. The fourth-order valence-corrected chi connectivity index (χ4v) is 2.46. The Hall–Kier alpha value is -1.06. The van der Waals surface area contributed by atoms with E-state index in [9.17, 15) is 9.59 Å². The highest BCUT2D eigenvalue weighted by Crippen LogP contribution is 2.49. The average Bonchev–Trinajstić information content (AvgIpc) is 2.52. The molecule has 4 heteroatoms. The molecule has 0 aromatic carbocycles. The van der Waals surface area contributed by atoms with E-state index in [0.29, 0.717) is 12.5 Å². The maximum absolute atomic E-state index is 11.8. The van der Waals surface area contributed by atoms with Crippen molar-refractivity contribution >= 4 is 12.4 Å². The normalized spacial score (nSPS) is 33.5. The number of hydrogen-bond acceptors (Lipinski definition) is 3. The summed E-state index contributed by atoms with van der Waals surface area (Å²) < 4.78 is 5.27. The predicted molar refractivity (Wildman–Crippen MR) is 54.5 cm³/mol. The molecule has 3 rings (SSSR count). The first-order valence-corrected chi connectivity index (χ1v) is 5.33. The van der Waals surface area contributed by atoms with Crippen molar-refractivity contribution in [2.75, 3.05) is 6.54 Å². The summed E-state index contributed by atoms with van der Waals surface area (Å²) in [6.07, 6.45) is 2.18. The van der Waals surface area contributed by atoms with Gasteiger partial charge in [-0.15, -0.1) is 0 Å². The van der Waals surface area contributed by atoms with Crippen LogP contribution >= 0.6 is 0 Å². The lowest BCUT2D eigenvalue weighted by atomic mass is 9.74. The summed E-state index contributed by atoms with van der Waals surface area (Å²) in [5.74, 6) is 0.503. The van der Waals surface area contributed by atoms with Crippen LogP contribution in [0.25, 0.3) is 0 Å². The Balaban J connectivity index is 2.06. The van der Waals surface area contributed by atoms with Crippen molar-refractivity contribution in [1.82, 2.24) is 4.90 Å². The van der Waals surface area contributed by atoms with Gasteiger partial charge in [-0.1, -0.05) is 0 Å². The first kappa shape index (κ1) is 10.5. The Kier molecular flexibility index (Phi) is 2.07. The number of nitrogens with zero attached hydrogens (tertiary/aromatic N) is 1. The number of ether oxygens (including phenoxy) is 1. The van der Waals surface area contributed by atoms with Gasteiger partial charge in [0, 0.05) is 6.54 Å². The summed E-state index contributed by atoms with van der Waals surface area (Å²) in [6, 6.07) is 0. The Morgan fingerprint density at radius 1 is 1.47 bits per heavy atom. The van der Waals surface area contributed by atoms with Crippen LogP contribution < -0.4 is 0 Å². The zero-order chi connectivity index (χ0) is 11.3. The van der Waals surface area contributed by atoms with Gasteiger partial charge in [-0.2, -0.15) is 0 Å². The molecule has 2 aliphatic heterocycles. The molecule has 1 saturated carbocycles. The van der Waals surface area contributed by atoms with E-state index in [-0.39, 0.29) is 6.09 Å². The molecule has 0 aromatic rings. The van der Waals surface area contributed by atoms with Gasteiger partial charge in [0.15, 0.2) is 0 Å². The second kappa shape index (κ2) is 2.97. The van der Waals surface area contributed by atoms with Gasteiger partial charge in [-0.3, -0.25) is 4.90 Å². The summed E-state index contributed by atoms with van der Waals surface area (Å²) in [4.78, 5) is 24.4. The van der Waals surface area contributed by atoms with Crippen molar-refractivity contribution in [3.05, 3.63) is 0 Å². The molecule has 4 nitrogen and oxygen atoms in total. The second-order valence-corrected chi connectivity index (χ2v) is 5.59. The quantitative estimate of drug-likeness (QED) is 0.619. The smallest absolute Gasteiger partial charge is 0.411 e. The van der Waals surface area contributed by atoms with Gasteiger partial charge in [0.25, 0.3) is 0 Å². The minimum Gasteiger partial charge on any atom is -0.444 e. The number of carbonyl (C=O) groups is 2. The van der Waals surface area contributed by atoms with E-state index in [1.807, 2.05) is 20.8 Å². The topological polar surface area (TPSA) is 46.6 Å². The lowest BCUT2D eigenvalue weighted by Gasteiger charge is -2.37. The van der Waals surface area contributed by atoms with Crippen molar-refractivity contribution in [2.24, 2.45) is 5.92 Å². The first-order chi connectivity index (χ1) is 6.86. The van der Waals surface area contributed by atoms with E-state index in [2.05, 4.69) is 0 Å². The van der Waals surface area contributed by atoms with Crippen LogP contribution in [0.1, 0.15) is 33.6 Å². The molecule has 2 heterocycles. The van der Waals surface area contributed by atoms with Gasteiger partial charge >= 0.3 is 6.09 Å². The van der Waals surface area contributed by atoms with Gasteiger partial charge in [-0.05, 0) is 39.5 Å². The largest absolute Gasteiger partial charge is 0.444 e. The Morgan fingerprint density at radius 3 is 2.53 bits per heavy atom. The molecule has 84 valence electrons. The maximum atomic E-state index is 11.8. The molecule has 0 radical (unpaired) electrons. The molecule has 0 aromatic heterocycles. The fraction of sp³-hybridized carbons (Fsp3) is 0.818. The van der Waals surface area contributed by atoms with Gasteiger partial charge in [0.2, 0.25) is 0 Å². The van der Waals surface area contributed by atoms with E-state index in [1.54, 1.807) is 4.90 Å². The molecule has 0 atom stereocenters. The zero-order valence-electron chi connectivity index (χ0n) is 9.45. The summed E-state index contributed by atoms with van der Waals surface area (Å²) in [5.41, 5.74) is -1.03. The third-order valence-corrected chi connectivity index (χ3v) is 3.10. The van der Waals surface area contributed by atoms with Crippen LogP contribution in [0, 0.1) is 5.92 Å². The number of carbonyl (C=O) groups excluding carboxylic acids is 2. The molecule has 15 heavy (non-hydrogen) atoms. The standard InChI is InChI=1S/C11H17NO3/c1-10(2,3)15-9(14)12-6-8-4-11(12,5-8)7-13/h7-8H,4-6H2,1-3H3. The molecular weight excluding hydrogens is 194 g/mol. The van der Waals surface area contributed by atoms with E-state index in [1.165, 1.54) is 0 Å². The van der Waals surface area contributed by atoms with Crippen molar-refractivity contribution in [1.29, 1.82) is 0 Å². The van der Waals surface area contributed by atoms with Crippen LogP contribution in [0.15, 0.2) is 0 Å². The van der Waals surface area contributed by atoms with Crippen molar-refractivity contribution in [2.45, 2.75) is 44.8 Å². The Morgan fingerprint density at radius 2 is 2.07 bits per heavy atom. The third kappa shape index (κ3) is 1.62. The molecule has 2 saturated heterocycles. The predicted octanol–water partition coefficient (Wildman–Crippen LogP) is 1.58. The Labute approximate surface area is 89.6 Å². The van der Waals surface area contributed by atoms with Crippen LogP contribution in [0.5, 0.6) is 0 Å². The van der Waals surface area contributed by atoms with Gasteiger partial charge in [0.1, 0.15) is 17.4 Å². The molecular formula is C11H17NO3. The van der Waals surface area contributed by atoms with Crippen LogP contribution in [-0.4, -0.2) is 35.0 Å². The van der Waals surface area contributed by atoms with Crippen molar-refractivity contribution in [3.8, 4) is 0 Å². The van der Waals surface area contributed by atoms with Crippen LogP contribution in [0.3, 0.4) is 0 Å². The molecule has 3 fully saturated rings. The molecule has 2 bridgehead atoms. The van der Waals surface area contributed by atoms with Crippen LogP contribution in [-0.2, 0) is 9.53 Å². The third-order valence-electron chi connectivity index (χ3n) is 3.10. The van der Waals surface area contributed by atoms with Crippen molar-refractivity contribution in [3.63, 3.8) is 0 Å². The van der Waals surface area contributed by atoms with Gasteiger partial charge in [-0.25, -0.2) is 4.79 Å². The van der Waals surface area contributed by atoms with Crippen LogP contribution in [0.2, 0.25) is 0 Å². The summed E-state index contributed by atoms with van der Waals surface area (Å²) >= 11 is 0. The number of hydrogen-bond donors (Lipinski definition) is 0. The van der Waals surface area contributed by atoms with E-state index >= 15 is 0 Å². The monoisotopic (exact) mass is 211 g/mol. The highest BCUT2D eigenvalue weighted by atomic mass is 16.6. The SMILES string of the molecule is CC(C)(C)OC(=O)N1CC2CC1(C=O)C2. The highest BCUT2D eigenvalue weighted by Gasteiger charge is 2.58. The molecule has 0 unspecified atom stereocenters. The van der Waals surface area contributed by atoms with Crippen molar-refractivity contribution < 1.29 is 14.3 Å². The lowest BCUT2D eigenvalue weighted by molar-refractivity contribution is -0.119. The number of rotatable bonds is 1. The molecule has 1 amide bonds. The zero-order valence-corrected chi connectivity index (χ0v) is 9.45. The molecule has 3 aliphatic rings. The summed E-state index contributed by atoms with van der Waals surface area (Å²) in [7, 11) is 0. The lowest BCUT2D eigenvalue weighted by Crippen LogP contribution is -2.51. The Bertz CT molecular complexity index is 299. The first-order valence-electron chi connectivity index (χ1n) is 5.33. The van der Waals surface area contributed by atoms with Crippen LogP contribution in [0.4, 0.5) is 4.79 Å². The number of aldehydes is 1. The number of fused-ring (bicyclic) bond motifs is 1. The fourth-order valence-electron chi connectivity index (χ4n) is 2.46.